The van der Waals surface area contributed by atoms with Crippen LogP contribution in [0.2, 0.25) is 0 Å². The highest BCUT2D eigenvalue weighted by atomic mass is 16.3. The number of aryl methyl sites for hydroxylation is 2. The Hall–Kier alpha value is -2.12. The quantitative estimate of drug-likeness (QED) is 0.673. The lowest BCUT2D eigenvalue weighted by Gasteiger charge is -2.21. The van der Waals surface area contributed by atoms with E-state index in [2.05, 4.69) is 15.3 Å². The maximum Gasteiger partial charge on any atom is 0.317 e. The second-order valence-electron chi connectivity index (χ2n) is 6.35. The summed E-state index contributed by atoms with van der Waals surface area (Å²) in [5, 5.41) is 21.9. The van der Waals surface area contributed by atoms with Gasteiger partial charge in [0.15, 0.2) is 0 Å². The largest absolute Gasteiger partial charge is 0.393 e. The second-order valence-corrected chi connectivity index (χ2v) is 6.35. The van der Waals surface area contributed by atoms with E-state index in [9.17, 15) is 9.90 Å². The SMILES string of the molecule is Cc1cc2nc(CNC(=O)N3CC[C@](O)(CO)C3)[nH]c2cc1C. The molecule has 23 heavy (non-hydrogen) atoms. The number of likely N-dealkylation sites (tertiary alicyclic amines) is 1. The molecule has 1 aromatic carbocycles. The van der Waals surface area contributed by atoms with Gasteiger partial charge in [-0.1, -0.05) is 0 Å². The van der Waals surface area contributed by atoms with Gasteiger partial charge in [0.1, 0.15) is 11.4 Å². The van der Waals surface area contributed by atoms with Gasteiger partial charge in [0, 0.05) is 6.54 Å². The van der Waals surface area contributed by atoms with Crippen LogP contribution in [-0.2, 0) is 6.54 Å². The number of nitrogens with zero attached hydrogens (tertiary/aromatic N) is 2. The van der Waals surface area contributed by atoms with Crippen LogP contribution in [0.25, 0.3) is 11.0 Å². The van der Waals surface area contributed by atoms with E-state index in [1.807, 2.05) is 26.0 Å². The average molecular weight is 318 g/mol. The number of nitrogens with one attached hydrogen (secondary N) is 2. The number of aliphatic hydroxyl groups excluding tert-OH is 1. The van der Waals surface area contributed by atoms with E-state index in [0.29, 0.717) is 25.3 Å². The molecule has 0 radical (unpaired) electrons. The molecule has 1 atom stereocenters. The summed E-state index contributed by atoms with van der Waals surface area (Å²) in [6.07, 6.45) is 0.389. The number of carbonyl (C=O) groups is 1. The molecule has 3 rings (SSSR count). The van der Waals surface area contributed by atoms with E-state index >= 15 is 0 Å². The number of H-pyrrole nitrogens is 1. The number of rotatable bonds is 3. The number of fused-ring (bicyclic) bond motifs is 1. The molecule has 0 aliphatic carbocycles. The standard InChI is InChI=1S/C16H22N4O3/c1-10-5-12-13(6-11(10)2)19-14(18-12)7-17-15(22)20-4-3-16(23,8-20)9-21/h5-6,21,23H,3-4,7-9H2,1-2H3,(H,17,22)(H,18,19)/t16-/m1/s1. The first-order valence-electron chi connectivity index (χ1n) is 7.72. The molecule has 1 aliphatic rings. The lowest BCUT2D eigenvalue weighted by Crippen LogP contribution is -2.42. The molecule has 1 saturated heterocycles. The predicted molar refractivity (Wildman–Crippen MR) is 86.0 cm³/mol. The van der Waals surface area contributed by atoms with Crippen molar-refractivity contribution in [2.45, 2.75) is 32.4 Å². The van der Waals surface area contributed by atoms with Crippen molar-refractivity contribution in [3.8, 4) is 0 Å². The van der Waals surface area contributed by atoms with Crippen LogP contribution in [0.15, 0.2) is 12.1 Å². The van der Waals surface area contributed by atoms with E-state index in [4.69, 9.17) is 5.11 Å². The monoisotopic (exact) mass is 318 g/mol. The van der Waals surface area contributed by atoms with Crippen LogP contribution in [0.4, 0.5) is 4.79 Å². The number of carbonyl (C=O) groups excluding carboxylic acids is 1. The van der Waals surface area contributed by atoms with Crippen LogP contribution >= 0.6 is 0 Å². The first-order valence-corrected chi connectivity index (χ1v) is 7.72. The zero-order valence-electron chi connectivity index (χ0n) is 13.4. The van der Waals surface area contributed by atoms with E-state index in [0.717, 1.165) is 11.0 Å². The zero-order valence-corrected chi connectivity index (χ0v) is 13.4. The molecule has 0 bridgehead atoms. The van der Waals surface area contributed by atoms with E-state index < -0.39 is 5.60 Å². The molecule has 2 amide bonds. The van der Waals surface area contributed by atoms with Crippen LogP contribution < -0.4 is 5.32 Å². The van der Waals surface area contributed by atoms with Gasteiger partial charge < -0.3 is 25.4 Å². The molecular weight excluding hydrogens is 296 g/mol. The summed E-state index contributed by atoms with van der Waals surface area (Å²) in [6.45, 7) is 4.63. The van der Waals surface area contributed by atoms with E-state index in [1.54, 1.807) is 0 Å². The lowest BCUT2D eigenvalue weighted by molar-refractivity contribution is -0.00280. The summed E-state index contributed by atoms with van der Waals surface area (Å²) >= 11 is 0. The fraction of sp³-hybridized carbons (Fsp3) is 0.500. The molecule has 2 heterocycles. The maximum absolute atomic E-state index is 12.1. The Kier molecular flexibility index (Phi) is 3.99. The Balaban J connectivity index is 1.63. The highest BCUT2D eigenvalue weighted by Crippen LogP contribution is 2.20. The molecule has 1 aromatic heterocycles. The molecule has 4 N–H and O–H groups in total. The molecule has 1 aliphatic heterocycles. The van der Waals surface area contributed by atoms with Crippen molar-refractivity contribution in [3.05, 3.63) is 29.1 Å². The normalized spacial score (nSPS) is 21.1. The Bertz CT molecular complexity index is 703. The van der Waals surface area contributed by atoms with Gasteiger partial charge in [0.2, 0.25) is 0 Å². The van der Waals surface area contributed by atoms with Crippen molar-refractivity contribution in [2.24, 2.45) is 0 Å². The van der Waals surface area contributed by atoms with Crippen molar-refractivity contribution in [1.29, 1.82) is 0 Å². The summed E-state index contributed by atoms with van der Waals surface area (Å²) in [7, 11) is 0. The van der Waals surface area contributed by atoms with Crippen molar-refractivity contribution in [3.63, 3.8) is 0 Å². The summed E-state index contributed by atoms with van der Waals surface area (Å²) in [5.74, 6) is 0.690. The number of aliphatic hydroxyl groups is 2. The van der Waals surface area contributed by atoms with Crippen LogP contribution in [-0.4, -0.2) is 56.4 Å². The summed E-state index contributed by atoms with van der Waals surface area (Å²) in [4.78, 5) is 21.3. The van der Waals surface area contributed by atoms with Crippen molar-refractivity contribution >= 4 is 17.1 Å². The molecule has 0 saturated carbocycles. The van der Waals surface area contributed by atoms with Gasteiger partial charge in [-0.15, -0.1) is 0 Å². The van der Waals surface area contributed by atoms with Crippen LogP contribution in [0.3, 0.4) is 0 Å². The number of benzene rings is 1. The molecular formula is C16H22N4O3. The third kappa shape index (κ3) is 3.16. The fourth-order valence-corrected chi connectivity index (χ4v) is 2.84. The van der Waals surface area contributed by atoms with Gasteiger partial charge in [0.05, 0.1) is 30.7 Å². The topological polar surface area (TPSA) is 101 Å². The number of aromatic amines is 1. The lowest BCUT2D eigenvalue weighted by atomic mass is 10.1. The van der Waals surface area contributed by atoms with Gasteiger partial charge in [0.25, 0.3) is 0 Å². The molecule has 1 fully saturated rings. The number of β-amino-alcohol motifs (C(OH)–C–C–N with tert-alkyl or cyclic N) is 1. The summed E-state index contributed by atoms with van der Waals surface area (Å²) in [6, 6.07) is 3.81. The number of hydrogen-bond acceptors (Lipinski definition) is 4. The van der Waals surface area contributed by atoms with Crippen molar-refractivity contribution in [1.82, 2.24) is 20.2 Å². The number of amides is 2. The zero-order chi connectivity index (χ0) is 16.6. The van der Waals surface area contributed by atoms with Gasteiger partial charge in [-0.2, -0.15) is 0 Å². The van der Waals surface area contributed by atoms with E-state index in [-0.39, 0.29) is 19.2 Å². The van der Waals surface area contributed by atoms with Gasteiger partial charge in [-0.25, -0.2) is 9.78 Å². The smallest absolute Gasteiger partial charge is 0.317 e. The predicted octanol–water partition coefficient (Wildman–Crippen LogP) is 0.818. The molecule has 124 valence electrons. The third-order valence-corrected chi connectivity index (χ3v) is 4.47. The van der Waals surface area contributed by atoms with Crippen molar-refractivity contribution < 1.29 is 15.0 Å². The van der Waals surface area contributed by atoms with Gasteiger partial charge in [-0.05, 0) is 43.5 Å². The van der Waals surface area contributed by atoms with Crippen LogP contribution in [0, 0.1) is 13.8 Å². The Morgan fingerprint density at radius 2 is 2.17 bits per heavy atom. The number of aromatic nitrogens is 2. The molecule has 7 nitrogen and oxygen atoms in total. The minimum atomic E-state index is -1.17. The molecule has 7 heteroatoms. The van der Waals surface area contributed by atoms with Gasteiger partial charge in [-0.3, -0.25) is 0 Å². The Morgan fingerprint density at radius 3 is 2.87 bits per heavy atom. The minimum absolute atomic E-state index is 0.147. The molecule has 0 unspecified atom stereocenters. The number of imidazole rings is 1. The molecule has 0 spiro atoms. The highest BCUT2D eigenvalue weighted by Gasteiger charge is 2.37. The average Bonchev–Trinajstić information content (AvgIpc) is 3.09. The molecule has 2 aromatic rings. The minimum Gasteiger partial charge on any atom is -0.393 e. The summed E-state index contributed by atoms with van der Waals surface area (Å²) in [5.41, 5.74) is 3.03. The first kappa shape index (κ1) is 15.8. The number of hydrogen-bond donors (Lipinski definition) is 4. The number of urea groups is 1. The second kappa shape index (κ2) is 5.82. The fourth-order valence-electron chi connectivity index (χ4n) is 2.84. The maximum atomic E-state index is 12.1. The third-order valence-electron chi connectivity index (χ3n) is 4.47. The Labute approximate surface area is 134 Å². The van der Waals surface area contributed by atoms with E-state index in [1.165, 1.54) is 16.0 Å². The van der Waals surface area contributed by atoms with Crippen LogP contribution in [0.5, 0.6) is 0 Å². The first-order chi connectivity index (χ1) is 10.9. The van der Waals surface area contributed by atoms with Gasteiger partial charge >= 0.3 is 6.03 Å². The van der Waals surface area contributed by atoms with Crippen molar-refractivity contribution in [2.75, 3.05) is 19.7 Å². The summed E-state index contributed by atoms with van der Waals surface area (Å²) < 4.78 is 0. The highest BCUT2D eigenvalue weighted by molar-refractivity contribution is 5.77. The Morgan fingerprint density at radius 1 is 1.43 bits per heavy atom. The van der Waals surface area contributed by atoms with Crippen LogP contribution in [0.1, 0.15) is 23.4 Å².